The van der Waals surface area contributed by atoms with Gasteiger partial charge in [0.1, 0.15) is 11.5 Å². The molecule has 4 fully saturated rings. The van der Waals surface area contributed by atoms with Gasteiger partial charge >= 0.3 is 0 Å². The summed E-state index contributed by atoms with van der Waals surface area (Å²) in [5.41, 5.74) is 2.71. The number of aromatic nitrogens is 1. The van der Waals surface area contributed by atoms with E-state index in [0.717, 1.165) is 55.4 Å². The molecular formula is C29H26Cl2N2O3. The summed E-state index contributed by atoms with van der Waals surface area (Å²) < 4.78 is 12.4. The van der Waals surface area contributed by atoms with E-state index in [1.54, 1.807) is 6.07 Å². The second kappa shape index (κ2) is 8.07. The quantitative estimate of drug-likeness (QED) is 0.378. The summed E-state index contributed by atoms with van der Waals surface area (Å²) in [6.07, 6.45) is 5.84. The maximum absolute atomic E-state index is 12.1. The molecule has 1 heterocycles. The Morgan fingerprint density at radius 3 is 2.58 bits per heavy atom. The highest BCUT2D eigenvalue weighted by Crippen LogP contribution is 2.78. The van der Waals surface area contributed by atoms with Crippen LogP contribution in [0, 0.1) is 28.6 Å². The lowest BCUT2D eigenvalue weighted by atomic mass is 9.65. The van der Waals surface area contributed by atoms with Gasteiger partial charge in [-0.1, -0.05) is 46.6 Å². The van der Waals surface area contributed by atoms with Crippen molar-refractivity contribution in [3.05, 3.63) is 75.0 Å². The monoisotopic (exact) mass is 520 g/mol. The third-order valence-electron chi connectivity index (χ3n) is 9.15. The van der Waals surface area contributed by atoms with Crippen LogP contribution in [0.2, 0.25) is 10.0 Å². The molecule has 4 saturated carbocycles. The molecule has 2 bridgehead atoms. The fraction of sp³-hybridized carbons (Fsp3) is 0.448. The van der Waals surface area contributed by atoms with Gasteiger partial charge in [0.15, 0.2) is 0 Å². The van der Waals surface area contributed by atoms with Crippen LogP contribution in [0.4, 0.5) is 0 Å². The average Bonchev–Trinajstić information content (AvgIpc) is 3.78. The zero-order valence-corrected chi connectivity index (χ0v) is 21.2. The summed E-state index contributed by atoms with van der Waals surface area (Å²) in [6, 6.07) is 15.2. The van der Waals surface area contributed by atoms with E-state index in [0.29, 0.717) is 45.3 Å². The second-order valence-electron chi connectivity index (χ2n) is 11.1. The van der Waals surface area contributed by atoms with Crippen LogP contribution in [0.5, 0.6) is 0 Å². The maximum Gasteiger partial charge on any atom is 0.145 e. The van der Waals surface area contributed by atoms with Crippen LogP contribution >= 0.6 is 23.2 Å². The Balaban J connectivity index is 1.16. The predicted molar refractivity (Wildman–Crippen MR) is 135 cm³/mol. The Morgan fingerprint density at radius 1 is 1.08 bits per heavy atom. The highest BCUT2D eigenvalue weighted by molar-refractivity contribution is 6.39. The van der Waals surface area contributed by atoms with E-state index in [1.807, 2.05) is 36.4 Å². The third-order valence-corrected chi connectivity index (χ3v) is 9.78. The number of halogens is 2. The number of ether oxygens (including phenoxy) is 1. The summed E-state index contributed by atoms with van der Waals surface area (Å²) in [4.78, 5) is 0. The smallest absolute Gasteiger partial charge is 0.145 e. The molecule has 3 aromatic rings. The zero-order chi connectivity index (χ0) is 24.7. The van der Waals surface area contributed by atoms with Crippen LogP contribution in [0.15, 0.2) is 47.0 Å². The molecule has 2 aromatic carbocycles. The van der Waals surface area contributed by atoms with Gasteiger partial charge in [-0.25, -0.2) is 0 Å². The van der Waals surface area contributed by atoms with Crippen LogP contribution < -0.4 is 0 Å². The summed E-state index contributed by atoms with van der Waals surface area (Å²) in [5, 5.41) is 27.0. The molecular weight excluding hydrogens is 495 g/mol. The van der Waals surface area contributed by atoms with Gasteiger partial charge in [-0.05, 0) is 80.2 Å². The first-order valence-corrected chi connectivity index (χ1v) is 13.5. The molecule has 184 valence electrons. The van der Waals surface area contributed by atoms with Gasteiger partial charge in [0.25, 0.3) is 0 Å². The zero-order valence-electron chi connectivity index (χ0n) is 19.7. The van der Waals surface area contributed by atoms with Crippen LogP contribution in [-0.4, -0.2) is 16.4 Å². The molecule has 7 heteroatoms. The highest BCUT2D eigenvalue weighted by Gasteiger charge is 2.76. The van der Waals surface area contributed by atoms with E-state index in [2.05, 4.69) is 11.2 Å². The summed E-state index contributed by atoms with van der Waals surface area (Å²) in [7, 11) is 0. The van der Waals surface area contributed by atoms with Gasteiger partial charge in [-0.3, -0.25) is 0 Å². The minimum absolute atomic E-state index is 0.0402. The van der Waals surface area contributed by atoms with Crippen molar-refractivity contribution < 1.29 is 14.4 Å². The standard InChI is InChI=1S/C29H26Cl2N2O3/c30-23-5-2-6-24(31)25(23)26-22(27(36-33-26)17-7-8-17)15-35-21-11-19-10-20-12-28(20,13-21)29(19,34)18-4-1-3-16(9-18)14-32/h1-6,9,17,19-21,34H,7-8,10-13,15H2/t19-,20?,21-,28?,29+/m1/s1. The molecule has 0 amide bonds. The van der Waals surface area contributed by atoms with Gasteiger partial charge in [-0.2, -0.15) is 5.26 Å². The Morgan fingerprint density at radius 2 is 1.86 bits per heavy atom. The van der Waals surface area contributed by atoms with E-state index in [1.165, 1.54) is 0 Å². The van der Waals surface area contributed by atoms with Gasteiger partial charge < -0.3 is 14.4 Å². The predicted octanol–water partition coefficient (Wildman–Crippen LogP) is 6.99. The van der Waals surface area contributed by atoms with Gasteiger partial charge in [-0.15, -0.1) is 0 Å². The highest BCUT2D eigenvalue weighted by atomic mass is 35.5. The molecule has 5 atom stereocenters. The summed E-state index contributed by atoms with van der Waals surface area (Å²) in [6.45, 7) is 0.382. The Hall–Kier alpha value is -2.36. The minimum Gasteiger partial charge on any atom is -0.384 e. The molecule has 4 aliphatic carbocycles. The molecule has 1 aromatic heterocycles. The summed E-state index contributed by atoms with van der Waals surface area (Å²) in [5.74, 6) is 1.89. The molecule has 0 saturated heterocycles. The number of aliphatic hydroxyl groups is 1. The van der Waals surface area contributed by atoms with Crippen LogP contribution in [0.3, 0.4) is 0 Å². The van der Waals surface area contributed by atoms with Crippen LogP contribution in [0.25, 0.3) is 11.3 Å². The van der Waals surface area contributed by atoms with Gasteiger partial charge in [0, 0.05) is 22.5 Å². The van der Waals surface area contributed by atoms with Crippen molar-refractivity contribution in [1.82, 2.24) is 5.16 Å². The Kier molecular flexibility index (Phi) is 5.11. The van der Waals surface area contributed by atoms with Crippen molar-refractivity contribution in [2.45, 2.75) is 62.8 Å². The number of hydrogen-bond acceptors (Lipinski definition) is 5. The van der Waals surface area contributed by atoms with E-state index in [4.69, 9.17) is 32.5 Å². The first-order valence-electron chi connectivity index (χ1n) is 12.7. The fourth-order valence-corrected chi connectivity index (χ4v) is 7.86. The van der Waals surface area contributed by atoms with Crippen LogP contribution in [0.1, 0.15) is 66.9 Å². The van der Waals surface area contributed by atoms with E-state index in [9.17, 15) is 10.4 Å². The lowest BCUT2D eigenvalue weighted by molar-refractivity contribution is -0.138. The first kappa shape index (κ1) is 22.8. The van der Waals surface area contributed by atoms with Crippen molar-refractivity contribution in [3.8, 4) is 17.3 Å². The fourth-order valence-electron chi connectivity index (χ4n) is 7.28. The van der Waals surface area contributed by atoms with Crippen molar-refractivity contribution in [1.29, 1.82) is 5.26 Å². The molecule has 1 N–H and O–H groups in total. The lowest BCUT2D eigenvalue weighted by Crippen LogP contribution is -2.48. The lowest BCUT2D eigenvalue weighted by Gasteiger charge is -2.46. The number of benzene rings is 2. The van der Waals surface area contributed by atoms with Crippen LogP contribution in [-0.2, 0) is 16.9 Å². The van der Waals surface area contributed by atoms with Crippen molar-refractivity contribution >= 4 is 23.2 Å². The van der Waals surface area contributed by atoms with Gasteiger partial charge in [0.2, 0.25) is 0 Å². The molecule has 5 nitrogen and oxygen atoms in total. The molecule has 4 aliphatic rings. The number of nitriles is 1. The van der Waals surface area contributed by atoms with Crippen molar-refractivity contribution in [3.63, 3.8) is 0 Å². The topological polar surface area (TPSA) is 79.3 Å². The van der Waals surface area contributed by atoms with E-state index in [-0.39, 0.29) is 17.4 Å². The number of fused-ring (bicyclic) bond motifs is 1. The van der Waals surface area contributed by atoms with Gasteiger partial charge in [0.05, 0.1) is 40.0 Å². The SMILES string of the molecule is N#Cc1cccc([C@]2(O)[C@@H]3CC4CC42C[C@H](OCc2c(-c4c(Cl)cccc4Cl)noc2C2CC2)C3)c1. The summed E-state index contributed by atoms with van der Waals surface area (Å²) >= 11 is 13.0. The molecule has 2 unspecified atom stereocenters. The normalized spacial score (nSPS) is 32.2. The molecule has 0 aliphatic heterocycles. The Bertz CT molecular complexity index is 1390. The number of rotatable bonds is 6. The van der Waals surface area contributed by atoms with E-state index >= 15 is 0 Å². The maximum atomic E-state index is 12.1. The molecule has 0 radical (unpaired) electrons. The molecule has 7 rings (SSSR count). The average molecular weight is 521 g/mol. The number of hydrogen-bond donors (Lipinski definition) is 1. The second-order valence-corrected chi connectivity index (χ2v) is 11.9. The minimum atomic E-state index is -0.892. The van der Waals surface area contributed by atoms with Crippen molar-refractivity contribution in [2.24, 2.45) is 17.3 Å². The molecule has 36 heavy (non-hydrogen) atoms. The largest absolute Gasteiger partial charge is 0.384 e. The third kappa shape index (κ3) is 3.25. The molecule has 1 spiro atoms. The number of nitrogens with zero attached hydrogens (tertiary/aromatic N) is 2. The Labute approximate surface area is 220 Å². The van der Waals surface area contributed by atoms with E-state index < -0.39 is 5.60 Å². The van der Waals surface area contributed by atoms with Crippen molar-refractivity contribution in [2.75, 3.05) is 0 Å². The first-order chi connectivity index (χ1) is 17.4.